The molecule has 8 heteroatoms. The standard InChI is InChI=1S/C29H28N4O3S/c1-18-4-8-21(9-5-18)25-16-24(20-10-14-23(36-3)15-11-20)32-33(25)29-31-28(35)26(37-29)17-27(34)30-22-12-6-19(2)7-13-22/h4-15,25-26H,16-17H2,1-3H3,(H,30,34)/t25-,26+/m1/s1. The van der Waals surface area contributed by atoms with E-state index in [0.717, 1.165) is 28.2 Å². The van der Waals surface area contributed by atoms with E-state index in [1.807, 2.05) is 60.5 Å². The van der Waals surface area contributed by atoms with E-state index in [1.165, 1.54) is 17.3 Å². The van der Waals surface area contributed by atoms with Crippen LogP contribution in [0.15, 0.2) is 82.9 Å². The van der Waals surface area contributed by atoms with E-state index in [9.17, 15) is 9.59 Å². The topological polar surface area (TPSA) is 83.4 Å². The van der Waals surface area contributed by atoms with Gasteiger partial charge in [0.15, 0.2) is 5.17 Å². The Bertz CT molecular complexity index is 1370. The number of ether oxygens (including phenoxy) is 1. The van der Waals surface area contributed by atoms with Gasteiger partial charge in [-0.1, -0.05) is 59.3 Å². The highest BCUT2D eigenvalue weighted by Crippen LogP contribution is 2.38. The number of hydrogen-bond acceptors (Lipinski definition) is 6. The Kier molecular flexibility index (Phi) is 7.10. The number of amides is 2. The molecule has 0 saturated heterocycles. The minimum absolute atomic E-state index is 0.0441. The molecule has 7 nitrogen and oxygen atoms in total. The minimum Gasteiger partial charge on any atom is -0.497 e. The molecule has 2 atom stereocenters. The van der Waals surface area contributed by atoms with Crippen molar-refractivity contribution in [3.05, 3.63) is 95.1 Å². The second-order valence-corrected chi connectivity index (χ2v) is 10.4. The van der Waals surface area contributed by atoms with Gasteiger partial charge in [0.1, 0.15) is 11.0 Å². The summed E-state index contributed by atoms with van der Waals surface area (Å²) in [6, 6.07) is 23.6. The minimum atomic E-state index is -0.584. The average Bonchev–Trinajstić information content (AvgIpc) is 3.50. The molecule has 188 valence electrons. The molecule has 2 aliphatic heterocycles. The summed E-state index contributed by atoms with van der Waals surface area (Å²) in [5.41, 5.74) is 5.98. The molecule has 2 heterocycles. The maximum absolute atomic E-state index is 12.8. The van der Waals surface area contributed by atoms with Crippen molar-refractivity contribution in [1.82, 2.24) is 5.01 Å². The Morgan fingerprint density at radius 2 is 1.65 bits per heavy atom. The molecular formula is C29H28N4O3S. The number of carbonyl (C=O) groups excluding carboxylic acids is 2. The number of aryl methyl sites for hydroxylation is 2. The molecule has 5 rings (SSSR count). The summed E-state index contributed by atoms with van der Waals surface area (Å²) in [6.07, 6.45) is 0.713. The summed E-state index contributed by atoms with van der Waals surface area (Å²) >= 11 is 1.30. The van der Waals surface area contributed by atoms with Crippen LogP contribution in [0.5, 0.6) is 5.75 Å². The van der Waals surface area contributed by atoms with Gasteiger partial charge in [-0.15, -0.1) is 0 Å². The molecule has 0 saturated carbocycles. The van der Waals surface area contributed by atoms with Gasteiger partial charge >= 0.3 is 0 Å². The maximum atomic E-state index is 12.8. The molecule has 0 unspecified atom stereocenters. The van der Waals surface area contributed by atoms with Gasteiger partial charge in [0.05, 0.1) is 18.9 Å². The number of thioether (sulfide) groups is 1. The molecule has 0 aliphatic carbocycles. The molecule has 0 radical (unpaired) electrons. The number of anilines is 1. The third kappa shape index (κ3) is 5.59. The summed E-state index contributed by atoms with van der Waals surface area (Å²) in [6.45, 7) is 4.04. The van der Waals surface area contributed by atoms with Crippen molar-refractivity contribution in [3.8, 4) is 5.75 Å². The second kappa shape index (κ2) is 10.6. The van der Waals surface area contributed by atoms with Crippen LogP contribution < -0.4 is 10.1 Å². The fourth-order valence-electron chi connectivity index (χ4n) is 4.31. The number of hydrogen-bond donors (Lipinski definition) is 1. The fraction of sp³-hybridized carbons (Fsp3) is 0.241. The van der Waals surface area contributed by atoms with Gasteiger partial charge in [0.25, 0.3) is 5.91 Å². The van der Waals surface area contributed by atoms with Gasteiger partial charge in [-0.3, -0.25) is 9.59 Å². The van der Waals surface area contributed by atoms with Crippen molar-refractivity contribution in [2.24, 2.45) is 10.1 Å². The van der Waals surface area contributed by atoms with E-state index in [2.05, 4.69) is 41.5 Å². The zero-order valence-corrected chi connectivity index (χ0v) is 21.8. The molecule has 0 bridgehead atoms. The zero-order valence-electron chi connectivity index (χ0n) is 21.0. The van der Waals surface area contributed by atoms with E-state index in [1.54, 1.807) is 7.11 Å². The number of carbonyl (C=O) groups is 2. The first-order valence-corrected chi connectivity index (χ1v) is 13.0. The highest BCUT2D eigenvalue weighted by molar-refractivity contribution is 8.15. The normalized spacial score (nSPS) is 19.0. The Hall–Kier alpha value is -3.91. The number of aliphatic imine (C=N–C) groups is 1. The Labute approximate surface area is 220 Å². The lowest BCUT2D eigenvalue weighted by Gasteiger charge is -2.23. The highest BCUT2D eigenvalue weighted by atomic mass is 32.2. The SMILES string of the molecule is COc1ccc(C2=NN(C3=NC(=O)[C@H](CC(=O)Nc4ccc(C)cc4)S3)[C@@H](c3ccc(C)cc3)C2)cc1. The van der Waals surface area contributed by atoms with Crippen molar-refractivity contribution in [3.63, 3.8) is 0 Å². The summed E-state index contributed by atoms with van der Waals surface area (Å²) in [7, 11) is 1.64. The quantitative estimate of drug-likeness (QED) is 0.472. The number of nitrogens with one attached hydrogen (secondary N) is 1. The first-order valence-electron chi connectivity index (χ1n) is 12.1. The molecular weight excluding hydrogens is 484 g/mol. The van der Waals surface area contributed by atoms with Crippen LogP contribution in [0.2, 0.25) is 0 Å². The van der Waals surface area contributed by atoms with Crippen molar-refractivity contribution in [2.45, 2.75) is 38.0 Å². The van der Waals surface area contributed by atoms with E-state index in [0.29, 0.717) is 17.3 Å². The van der Waals surface area contributed by atoms with Gasteiger partial charge in [-0.25, -0.2) is 5.01 Å². The van der Waals surface area contributed by atoms with Crippen molar-refractivity contribution < 1.29 is 14.3 Å². The van der Waals surface area contributed by atoms with Crippen LogP contribution in [-0.4, -0.2) is 40.1 Å². The first-order chi connectivity index (χ1) is 17.9. The smallest absolute Gasteiger partial charge is 0.262 e. The molecule has 0 spiro atoms. The van der Waals surface area contributed by atoms with Gasteiger partial charge < -0.3 is 10.1 Å². The van der Waals surface area contributed by atoms with Crippen LogP contribution in [0.4, 0.5) is 5.69 Å². The lowest BCUT2D eigenvalue weighted by Crippen LogP contribution is -2.25. The monoisotopic (exact) mass is 512 g/mol. The van der Waals surface area contributed by atoms with Gasteiger partial charge in [0.2, 0.25) is 5.91 Å². The van der Waals surface area contributed by atoms with Gasteiger partial charge in [-0.05, 0) is 61.4 Å². The third-order valence-corrected chi connectivity index (χ3v) is 7.57. The summed E-state index contributed by atoms with van der Waals surface area (Å²) in [5.74, 6) is 0.252. The third-order valence-electron chi connectivity index (χ3n) is 6.43. The highest BCUT2D eigenvalue weighted by Gasteiger charge is 2.39. The van der Waals surface area contributed by atoms with E-state index >= 15 is 0 Å². The lowest BCUT2D eigenvalue weighted by molar-refractivity contribution is -0.121. The van der Waals surface area contributed by atoms with Gasteiger partial charge in [-0.2, -0.15) is 10.1 Å². The number of hydrazone groups is 1. The zero-order chi connectivity index (χ0) is 25.9. The van der Waals surface area contributed by atoms with Crippen LogP contribution in [0.1, 0.15) is 41.1 Å². The molecule has 0 fully saturated rings. The van der Waals surface area contributed by atoms with Crippen LogP contribution in [0.3, 0.4) is 0 Å². The van der Waals surface area contributed by atoms with Crippen LogP contribution in [0.25, 0.3) is 0 Å². The number of rotatable bonds is 6. The summed E-state index contributed by atoms with van der Waals surface area (Å²) < 4.78 is 5.29. The number of methoxy groups -OCH3 is 1. The Morgan fingerprint density at radius 3 is 2.30 bits per heavy atom. The largest absolute Gasteiger partial charge is 0.497 e. The van der Waals surface area contributed by atoms with E-state index < -0.39 is 5.25 Å². The van der Waals surface area contributed by atoms with E-state index in [4.69, 9.17) is 9.84 Å². The second-order valence-electron chi connectivity index (χ2n) is 9.21. The summed E-state index contributed by atoms with van der Waals surface area (Å²) in [4.78, 5) is 29.8. The molecule has 1 N–H and O–H groups in total. The van der Waals surface area contributed by atoms with Crippen LogP contribution in [0, 0.1) is 13.8 Å². The van der Waals surface area contributed by atoms with Gasteiger partial charge in [0, 0.05) is 18.5 Å². The van der Waals surface area contributed by atoms with Crippen molar-refractivity contribution in [2.75, 3.05) is 12.4 Å². The maximum Gasteiger partial charge on any atom is 0.262 e. The van der Waals surface area contributed by atoms with E-state index in [-0.39, 0.29) is 24.3 Å². The Balaban J connectivity index is 1.35. The average molecular weight is 513 g/mol. The molecule has 3 aromatic rings. The summed E-state index contributed by atoms with van der Waals surface area (Å²) in [5, 5.41) is 9.55. The van der Waals surface area contributed by atoms with Crippen molar-refractivity contribution in [1.29, 1.82) is 0 Å². The molecule has 37 heavy (non-hydrogen) atoms. The molecule has 2 amide bonds. The number of amidine groups is 1. The first kappa shape index (κ1) is 24.8. The molecule has 3 aromatic carbocycles. The fourth-order valence-corrected chi connectivity index (χ4v) is 5.38. The van der Waals surface area contributed by atoms with Crippen LogP contribution >= 0.6 is 11.8 Å². The Morgan fingerprint density at radius 1 is 1.00 bits per heavy atom. The van der Waals surface area contributed by atoms with Crippen LogP contribution in [-0.2, 0) is 9.59 Å². The molecule has 2 aliphatic rings. The molecule has 0 aromatic heterocycles. The lowest BCUT2D eigenvalue weighted by atomic mass is 9.98. The predicted molar refractivity (Wildman–Crippen MR) is 148 cm³/mol. The number of nitrogens with zero attached hydrogens (tertiary/aromatic N) is 3. The number of benzene rings is 3. The van der Waals surface area contributed by atoms with Crippen molar-refractivity contribution >= 4 is 40.1 Å². The predicted octanol–water partition coefficient (Wildman–Crippen LogP) is 5.49.